The molecular formula is C17H13N3O5. The van der Waals surface area contributed by atoms with Crippen LogP contribution in [0.5, 0.6) is 5.75 Å². The summed E-state index contributed by atoms with van der Waals surface area (Å²) in [6.07, 6.45) is 0. The highest BCUT2D eigenvalue weighted by Crippen LogP contribution is 2.23. The number of ether oxygens (including phenoxy) is 1. The summed E-state index contributed by atoms with van der Waals surface area (Å²) in [5.74, 6) is -0.954. The minimum Gasteiger partial charge on any atom is -0.497 e. The maximum atomic E-state index is 12.2. The minimum absolute atomic E-state index is 0.000743. The van der Waals surface area contributed by atoms with E-state index in [2.05, 4.69) is 15.5 Å². The number of anilines is 1. The number of carboxylic acid groups (broad SMARTS) is 1. The Kier molecular flexibility index (Phi) is 4.42. The largest absolute Gasteiger partial charge is 0.497 e. The minimum atomic E-state index is -1.20. The van der Waals surface area contributed by atoms with Gasteiger partial charge in [0.05, 0.1) is 18.2 Å². The number of hydrogen-bond acceptors (Lipinski definition) is 6. The van der Waals surface area contributed by atoms with Crippen LogP contribution in [0.25, 0.3) is 11.5 Å². The van der Waals surface area contributed by atoms with Crippen molar-refractivity contribution in [2.24, 2.45) is 0 Å². The van der Waals surface area contributed by atoms with Crippen LogP contribution in [0.2, 0.25) is 0 Å². The van der Waals surface area contributed by atoms with E-state index in [0.29, 0.717) is 11.3 Å². The Labute approximate surface area is 142 Å². The zero-order valence-electron chi connectivity index (χ0n) is 13.1. The molecule has 0 spiro atoms. The van der Waals surface area contributed by atoms with E-state index in [1.54, 1.807) is 37.4 Å². The molecule has 1 aromatic heterocycles. The topological polar surface area (TPSA) is 115 Å². The number of carbonyl (C=O) groups excluding carboxylic acids is 1. The van der Waals surface area contributed by atoms with Crippen molar-refractivity contribution in [3.8, 4) is 17.2 Å². The number of nitrogens with one attached hydrogen (secondary N) is 1. The number of rotatable bonds is 5. The Morgan fingerprint density at radius 3 is 2.36 bits per heavy atom. The Hall–Kier alpha value is -3.68. The molecule has 0 unspecified atom stereocenters. The molecule has 126 valence electrons. The summed E-state index contributed by atoms with van der Waals surface area (Å²) in [4.78, 5) is 23.4. The van der Waals surface area contributed by atoms with Crippen LogP contribution in [0.1, 0.15) is 20.7 Å². The summed E-state index contributed by atoms with van der Waals surface area (Å²) in [5, 5.41) is 19.1. The number of amides is 1. The monoisotopic (exact) mass is 339 g/mol. The van der Waals surface area contributed by atoms with Crippen molar-refractivity contribution in [2.45, 2.75) is 0 Å². The SMILES string of the molecule is COc1ccc(-c2nnc(NC(=O)c3ccccc3C(=O)O)o2)cc1. The Balaban J connectivity index is 1.79. The average Bonchev–Trinajstić information content (AvgIpc) is 3.10. The summed E-state index contributed by atoms with van der Waals surface area (Å²) < 4.78 is 10.5. The Morgan fingerprint density at radius 2 is 1.72 bits per heavy atom. The maximum absolute atomic E-state index is 12.2. The molecule has 0 fully saturated rings. The first-order valence-corrected chi connectivity index (χ1v) is 7.20. The van der Waals surface area contributed by atoms with E-state index in [9.17, 15) is 9.59 Å². The van der Waals surface area contributed by atoms with Gasteiger partial charge in [-0.1, -0.05) is 17.2 Å². The first kappa shape index (κ1) is 16.2. The van der Waals surface area contributed by atoms with Gasteiger partial charge in [0, 0.05) is 5.56 Å². The zero-order chi connectivity index (χ0) is 17.8. The van der Waals surface area contributed by atoms with Gasteiger partial charge in [0.1, 0.15) is 5.75 Å². The van der Waals surface area contributed by atoms with Crippen molar-refractivity contribution < 1.29 is 23.8 Å². The molecule has 25 heavy (non-hydrogen) atoms. The van der Waals surface area contributed by atoms with E-state index in [1.165, 1.54) is 18.2 Å². The molecule has 3 aromatic rings. The third kappa shape index (κ3) is 3.47. The quantitative estimate of drug-likeness (QED) is 0.734. The fraction of sp³-hybridized carbons (Fsp3) is 0.0588. The number of nitrogens with zero attached hydrogens (tertiary/aromatic N) is 2. The lowest BCUT2D eigenvalue weighted by Gasteiger charge is -2.04. The lowest BCUT2D eigenvalue weighted by molar-refractivity contribution is 0.0692. The molecule has 0 bridgehead atoms. The van der Waals surface area contributed by atoms with Crippen LogP contribution in [0.15, 0.2) is 52.9 Å². The van der Waals surface area contributed by atoms with Crippen molar-refractivity contribution in [1.82, 2.24) is 10.2 Å². The number of methoxy groups -OCH3 is 1. The fourth-order valence-electron chi connectivity index (χ4n) is 2.16. The molecule has 8 nitrogen and oxygen atoms in total. The zero-order valence-corrected chi connectivity index (χ0v) is 13.1. The highest BCUT2D eigenvalue weighted by atomic mass is 16.5. The number of carboxylic acids is 1. The molecule has 0 saturated heterocycles. The fourth-order valence-corrected chi connectivity index (χ4v) is 2.16. The van der Waals surface area contributed by atoms with Crippen LogP contribution < -0.4 is 10.1 Å². The van der Waals surface area contributed by atoms with Crippen LogP contribution >= 0.6 is 0 Å². The number of hydrogen-bond donors (Lipinski definition) is 2. The number of carbonyl (C=O) groups is 2. The Bertz CT molecular complexity index is 918. The number of benzene rings is 2. The van der Waals surface area contributed by atoms with Gasteiger partial charge in [-0.2, -0.15) is 0 Å². The van der Waals surface area contributed by atoms with Gasteiger partial charge in [-0.15, -0.1) is 5.10 Å². The molecule has 1 amide bonds. The first-order valence-electron chi connectivity index (χ1n) is 7.20. The highest BCUT2D eigenvalue weighted by molar-refractivity contribution is 6.09. The molecule has 0 radical (unpaired) electrons. The smallest absolute Gasteiger partial charge is 0.336 e. The van der Waals surface area contributed by atoms with Gasteiger partial charge in [0.2, 0.25) is 5.89 Å². The van der Waals surface area contributed by atoms with E-state index < -0.39 is 11.9 Å². The van der Waals surface area contributed by atoms with Gasteiger partial charge in [0.25, 0.3) is 5.91 Å². The van der Waals surface area contributed by atoms with Crippen molar-refractivity contribution in [1.29, 1.82) is 0 Å². The van der Waals surface area contributed by atoms with Crippen LogP contribution in [0, 0.1) is 0 Å². The number of aromatic nitrogens is 2. The second kappa shape index (κ2) is 6.83. The van der Waals surface area contributed by atoms with Gasteiger partial charge < -0.3 is 14.3 Å². The molecule has 0 aliphatic rings. The maximum Gasteiger partial charge on any atom is 0.336 e. The van der Waals surface area contributed by atoms with Gasteiger partial charge in [-0.3, -0.25) is 10.1 Å². The van der Waals surface area contributed by atoms with Crippen molar-refractivity contribution in [3.05, 3.63) is 59.7 Å². The van der Waals surface area contributed by atoms with Crippen molar-refractivity contribution in [2.75, 3.05) is 12.4 Å². The Morgan fingerprint density at radius 1 is 1.04 bits per heavy atom. The van der Waals surface area contributed by atoms with E-state index in [1.807, 2.05) is 0 Å². The third-order valence-electron chi connectivity index (χ3n) is 3.38. The molecule has 2 N–H and O–H groups in total. The van der Waals surface area contributed by atoms with Crippen LogP contribution in [-0.2, 0) is 0 Å². The van der Waals surface area contributed by atoms with E-state index in [4.69, 9.17) is 14.3 Å². The van der Waals surface area contributed by atoms with Gasteiger partial charge in [-0.05, 0) is 36.4 Å². The standard InChI is InChI=1S/C17H13N3O5/c1-24-11-8-6-10(7-9-11)15-19-20-17(25-15)18-14(21)12-4-2-3-5-13(12)16(22)23/h2-9H,1H3,(H,22,23)(H,18,20,21). The normalized spacial score (nSPS) is 10.3. The third-order valence-corrected chi connectivity index (χ3v) is 3.38. The molecule has 3 rings (SSSR count). The predicted octanol–water partition coefficient (Wildman–Crippen LogP) is 2.70. The molecule has 1 heterocycles. The molecular weight excluding hydrogens is 326 g/mol. The molecule has 8 heteroatoms. The highest BCUT2D eigenvalue weighted by Gasteiger charge is 2.18. The lowest BCUT2D eigenvalue weighted by Crippen LogP contribution is -2.16. The second-order valence-electron chi connectivity index (χ2n) is 4.95. The summed E-state index contributed by atoms with van der Waals surface area (Å²) in [6.45, 7) is 0. The van der Waals surface area contributed by atoms with Crippen molar-refractivity contribution in [3.63, 3.8) is 0 Å². The predicted molar refractivity (Wildman–Crippen MR) is 87.6 cm³/mol. The average molecular weight is 339 g/mol. The van der Waals surface area contributed by atoms with Crippen LogP contribution in [0.3, 0.4) is 0 Å². The van der Waals surface area contributed by atoms with E-state index >= 15 is 0 Å². The molecule has 2 aromatic carbocycles. The van der Waals surface area contributed by atoms with Gasteiger partial charge in [0.15, 0.2) is 0 Å². The number of aromatic carboxylic acids is 1. The first-order chi connectivity index (χ1) is 12.1. The van der Waals surface area contributed by atoms with Gasteiger partial charge in [-0.25, -0.2) is 4.79 Å². The van der Waals surface area contributed by atoms with Crippen LogP contribution in [0.4, 0.5) is 6.01 Å². The van der Waals surface area contributed by atoms with Crippen molar-refractivity contribution >= 4 is 17.9 Å². The van der Waals surface area contributed by atoms with Gasteiger partial charge >= 0.3 is 12.0 Å². The summed E-state index contributed by atoms with van der Waals surface area (Å²) in [5.41, 5.74) is 0.536. The molecule has 0 atom stereocenters. The lowest BCUT2D eigenvalue weighted by atomic mass is 10.1. The van der Waals surface area contributed by atoms with Crippen LogP contribution in [-0.4, -0.2) is 34.3 Å². The summed E-state index contributed by atoms with van der Waals surface area (Å²) in [6, 6.07) is 12.7. The second-order valence-corrected chi connectivity index (χ2v) is 4.95. The molecule has 0 aliphatic carbocycles. The van der Waals surface area contributed by atoms with E-state index in [0.717, 1.165) is 0 Å². The summed E-state index contributed by atoms with van der Waals surface area (Å²) in [7, 11) is 1.56. The van der Waals surface area contributed by atoms with E-state index in [-0.39, 0.29) is 23.0 Å². The molecule has 0 saturated carbocycles. The molecule has 0 aliphatic heterocycles. The summed E-state index contributed by atoms with van der Waals surface area (Å²) >= 11 is 0.